The molecule has 142 valence electrons. The normalized spacial score (nSPS) is 24.9. The van der Waals surface area contributed by atoms with Gasteiger partial charge in [0, 0.05) is 25.2 Å². The fourth-order valence-corrected chi connectivity index (χ4v) is 3.87. The Morgan fingerprint density at radius 1 is 1.42 bits per heavy atom. The Labute approximate surface area is 161 Å². The highest BCUT2D eigenvalue weighted by atomic mass is 35.5. The standard InChI is InChI=1S/C16H22ClN5O3S/c1-25-7-6-18-13(23)9-26-16-20-14-12(15(24)21-16)8-19-22(14)11-4-2-10(17)3-5-11/h2-5,12,14,16,19-20H,6-9H2,1H3,(H,18,23)(H,21,24). The molecule has 2 aliphatic heterocycles. The van der Waals surface area contributed by atoms with Crippen molar-refractivity contribution in [3.8, 4) is 0 Å². The second-order valence-electron chi connectivity index (χ2n) is 5.97. The van der Waals surface area contributed by atoms with Gasteiger partial charge in [0.15, 0.2) is 0 Å². The number of hydrazine groups is 1. The molecule has 1 aromatic rings. The van der Waals surface area contributed by atoms with Crippen molar-refractivity contribution in [2.45, 2.75) is 11.7 Å². The molecule has 2 saturated heterocycles. The molecule has 3 rings (SSSR count). The van der Waals surface area contributed by atoms with E-state index in [1.165, 1.54) is 11.8 Å². The Hall–Kier alpha value is -1.52. The maximum absolute atomic E-state index is 12.4. The fraction of sp³-hybridized carbons (Fsp3) is 0.500. The van der Waals surface area contributed by atoms with E-state index in [9.17, 15) is 9.59 Å². The summed E-state index contributed by atoms with van der Waals surface area (Å²) in [6.07, 6.45) is -0.195. The second-order valence-corrected chi connectivity index (χ2v) is 7.50. The number of carbonyl (C=O) groups excluding carboxylic acids is 2. The predicted molar refractivity (Wildman–Crippen MR) is 102 cm³/mol. The quantitative estimate of drug-likeness (QED) is 0.483. The number of halogens is 1. The van der Waals surface area contributed by atoms with Gasteiger partial charge in [0.25, 0.3) is 0 Å². The van der Waals surface area contributed by atoms with Crippen LogP contribution in [0.15, 0.2) is 24.3 Å². The van der Waals surface area contributed by atoms with Crippen LogP contribution in [0.4, 0.5) is 5.69 Å². The molecule has 2 fully saturated rings. The van der Waals surface area contributed by atoms with E-state index in [1.807, 2.05) is 29.3 Å². The Morgan fingerprint density at radius 3 is 2.92 bits per heavy atom. The Kier molecular flexibility index (Phi) is 6.60. The molecule has 10 heteroatoms. The topological polar surface area (TPSA) is 94.7 Å². The van der Waals surface area contributed by atoms with Crippen molar-refractivity contribution in [2.75, 3.05) is 37.6 Å². The summed E-state index contributed by atoms with van der Waals surface area (Å²) in [5.41, 5.74) is 3.83. The van der Waals surface area contributed by atoms with Crippen LogP contribution in [0.2, 0.25) is 5.02 Å². The maximum Gasteiger partial charge on any atom is 0.230 e. The van der Waals surface area contributed by atoms with Crippen molar-refractivity contribution >= 4 is 40.9 Å². The monoisotopic (exact) mass is 399 g/mol. The van der Waals surface area contributed by atoms with Crippen LogP contribution >= 0.6 is 23.4 Å². The number of ether oxygens (including phenoxy) is 1. The Balaban J connectivity index is 1.57. The number of methoxy groups -OCH3 is 1. The second kappa shape index (κ2) is 8.92. The van der Waals surface area contributed by atoms with E-state index >= 15 is 0 Å². The van der Waals surface area contributed by atoms with Gasteiger partial charge in [0.05, 0.1) is 24.0 Å². The van der Waals surface area contributed by atoms with Gasteiger partial charge in [-0.3, -0.25) is 19.9 Å². The zero-order valence-electron chi connectivity index (χ0n) is 14.3. The molecule has 1 aromatic carbocycles. The first-order valence-electron chi connectivity index (χ1n) is 8.30. The Morgan fingerprint density at radius 2 is 2.19 bits per heavy atom. The van der Waals surface area contributed by atoms with E-state index in [4.69, 9.17) is 16.3 Å². The average molecular weight is 400 g/mol. The van der Waals surface area contributed by atoms with E-state index in [1.54, 1.807) is 7.11 Å². The first kappa shape index (κ1) is 19.2. The van der Waals surface area contributed by atoms with E-state index in [0.717, 1.165) is 5.69 Å². The van der Waals surface area contributed by atoms with Crippen LogP contribution in [-0.4, -0.2) is 56.0 Å². The molecule has 2 amide bonds. The lowest BCUT2D eigenvalue weighted by Gasteiger charge is -2.37. The van der Waals surface area contributed by atoms with Crippen LogP contribution in [0, 0.1) is 5.92 Å². The lowest BCUT2D eigenvalue weighted by molar-refractivity contribution is -0.127. The molecule has 0 radical (unpaired) electrons. The SMILES string of the molecule is COCCNC(=O)CSC1NC(=O)C2CNN(c3ccc(Cl)cc3)C2N1. The van der Waals surface area contributed by atoms with Crippen molar-refractivity contribution in [3.05, 3.63) is 29.3 Å². The summed E-state index contributed by atoms with van der Waals surface area (Å²) in [5.74, 6) is -0.0923. The average Bonchev–Trinajstić information content (AvgIpc) is 3.05. The van der Waals surface area contributed by atoms with Gasteiger partial charge in [0.2, 0.25) is 11.8 Å². The highest BCUT2D eigenvalue weighted by molar-refractivity contribution is 8.00. The summed E-state index contributed by atoms with van der Waals surface area (Å²) < 4.78 is 4.90. The van der Waals surface area contributed by atoms with Gasteiger partial charge in [-0.25, -0.2) is 5.43 Å². The first-order chi connectivity index (χ1) is 12.6. The molecule has 3 atom stereocenters. The molecule has 2 aliphatic rings. The molecule has 26 heavy (non-hydrogen) atoms. The molecule has 3 unspecified atom stereocenters. The number of benzene rings is 1. The minimum Gasteiger partial charge on any atom is -0.383 e. The van der Waals surface area contributed by atoms with Gasteiger partial charge < -0.3 is 15.4 Å². The van der Waals surface area contributed by atoms with Crippen LogP contribution in [0.25, 0.3) is 0 Å². The number of nitrogens with one attached hydrogen (secondary N) is 4. The number of hydrogen-bond acceptors (Lipinski definition) is 7. The van der Waals surface area contributed by atoms with E-state index < -0.39 is 0 Å². The van der Waals surface area contributed by atoms with Crippen LogP contribution in [0.3, 0.4) is 0 Å². The van der Waals surface area contributed by atoms with Gasteiger partial charge >= 0.3 is 0 Å². The number of carbonyl (C=O) groups is 2. The summed E-state index contributed by atoms with van der Waals surface area (Å²) in [6, 6.07) is 7.42. The van der Waals surface area contributed by atoms with Crippen LogP contribution < -0.4 is 26.4 Å². The summed E-state index contributed by atoms with van der Waals surface area (Å²) >= 11 is 7.30. The molecular formula is C16H22ClN5O3S. The summed E-state index contributed by atoms with van der Waals surface area (Å²) in [7, 11) is 1.58. The number of fused-ring (bicyclic) bond motifs is 1. The third-order valence-electron chi connectivity index (χ3n) is 4.19. The summed E-state index contributed by atoms with van der Waals surface area (Å²) in [6.45, 7) is 1.49. The minimum atomic E-state index is -0.341. The number of nitrogens with zero attached hydrogens (tertiary/aromatic N) is 1. The van der Waals surface area contributed by atoms with Gasteiger partial charge in [-0.05, 0) is 24.3 Å². The molecule has 0 aliphatic carbocycles. The molecule has 8 nitrogen and oxygen atoms in total. The number of anilines is 1. The van der Waals surface area contributed by atoms with Crippen LogP contribution in [0.1, 0.15) is 0 Å². The van der Waals surface area contributed by atoms with E-state index in [-0.39, 0.29) is 35.1 Å². The third kappa shape index (κ3) is 4.60. The van der Waals surface area contributed by atoms with E-state index in [2.05, 4.69) is 21.4 Å². The zero-order valence-corrected chi connectivity index (χ0v) is 15.9. The minimum absolute atomic E-state index is 0.0324. The molecule has 0 aromatic heterocycles. The van der Waals surface area contributed by atoms with E-state index in [0.29, 0.717) is 24.7 Å². The van der Waals surface area contributed by atoms with Crippen molar-refractivity contribution in [1.29, 1.82) is 0 Å². The number of hydrogen-bond donors (Lipinski definition) is 4. The van der Waals surface area contributed by atoms with Crippen LogP contribution in [0.5, 0.6) is 0 Å². The fourth-order valence-electron chi connectivity index (χ4n) is 2.89. The van der Waals surface area contributed by atoms with Gasteiger partial charge in [-0.2, -0.15) is 0 Å². The highest BCUT2D eigenvalue weighted by Crippen LogP contribution is 2.27. The summed E-state index contributed by atoms with van der Waals surface area (Å²) in [4.78, 5) is 24.2. The van der Waals surface area contributed by atoms with Crippen molar-refractivity contribution in [2.24, 2.45) is 5.92 Å². The molecule has 0 bridgehead atoms. The molecule has 0 spiro atoms. The van der Waals surface area contributed by atoms with Gasteiger partial charge in [-0.1, -0.05) is 11.6 Å². The van der Waals surface area contributed by atoms with Crippen LogP contribution in [-0.2, 0) is 14.3 Å². The third-order valence-corrected chi connectivity index (χ3v) is 5.46. The number of thioether (sulfide) groups is 1. The number of amides is 2. The maximum atomic E-state index is 12.4. The highest BCUT2D eigenvalue weighted by Gasteiger charge is 2.44. The largest absolute Gasteiger partial charge is 0.383 e. The van der Waals surface area contributed by atoms with Gasteiger partial charge in [0.1, 0.15) is 11.7 Å². The zero-order chi connectivity index (χ0) is 18.5. The van der Waals surface area contributed by atoms with Crippen molar-refractivity contribution in [3.63, 3.8) is 0 Å². The summed E-state index contributed by atoms with van der Waals surface area (Å²) in [5, 5.41) is 11.7. The molecular weight excluding hydrogens is 378 g/mol. The Bertz CT molecular complexity index is 647. The number of rotatable bonds is 7. The van der Waals surface area contributed by atoms with Gasteiger partial charge in [-0.15, -0.1) is 11.8 Å². The lowest BCUT2D eigenvalue weighted by Crippen LogP contribution is -2.63. The lowest BCUT2D eigenvalue weighted by atomic mass is 10.1. The molecule has 2 heterocycles. The molecule has 4 N–H and O–H groups in total. The predicted octanol–water partition coefficient (Wildman–Crippen LogP) is 0.106. The molecule has 0 saturated carbocycles. The first-order valence-corrected chi connectivity index (χ1v) is 9.73. The van der Waals surface area contributed by atoms with Crippen molar-refractivity contribution < 1.29 is 14.3 Å². The van der Waals surface area contributed by atoms with Crippen molar-refractivity contribution in [1.82, 2.24) is 21.4 Å². The smallest absolute Gasteiger partial charge is 0.230 e.